The largest absolute Gasteiger partial charge is 0.344 e. The lowest BCUT2D eigenvalue weighted by molar-refractivity contribution is 0.0953. The first-order chi connectivity index (χ1) is 8.63. The third-order valence-electron chi connectivity index (χ3n) is 2.92. The summed E-state index contributed by atoms with van der Waals surface area (Å²) in [5.41, 5.74) is 1.09. The predicted octanol–water partition coefficient (Wildman–Crippen LogP) is 1.68. The molecule has 0 aliphatic heterocycles. The van der Waals surface area contributed by atoms with Crippen molar-refractivity contribution in [3.63, 3.8) is 0 Å². The van der Waals surface area contributed by atoms with Crippen LogP contribution in [-0.4, -0.2) is 20.7 Å². The van der Waals surface area contributed by atoms with Gasteiger partial charge in [0.2, 0.25) is 0 Å². The van der Waals surface area contributed by atoms with Gasteiger partial charge < -0.3 is 9.88 Å². The number of hydrogen-bond acceptors (Lipinski definition) is 4. The van der Waals surface area contributed by atoms with Crippen molar-refractivity contribution in [3.05, 3.63) is 33.5 Å². The number of carbonyl (C=O) groups excluding carboxylic acids is 1. The molecule has 0 aromatic carbocycles. The molecule has 18 heavy (non-hydrogen) atoms. The van der Waals surface area contributed by atoms with Crippen LogP contribution in [0.4, 0.5) is 0 Å². The van der Waals surface area contributed by atoms with E-state index in [1.54, 1.807) is 0 Å². The maximum absolute atomic E-state index is 12.0. The SMILES string of the molecule is CCc1ccsc1C(=O)NCc1nnc(C)n1C. The van der Waals surface area contributed by atoms with Crippen LogP contribution in [-0.2, 0) is 20.0 Å². The quantitative estimate of drug-likeness (QED) is 0.914. The van der Waals surface area contributed by atoms with E-state index in [9.17, 15) is 4.79 Å². The Morgan fingerprint density at radius 1 is 1.50 bits per heavy atom. The number of carbonyl (C=O) groups is 1. The Hall–Kier alpha value is -1.69. The average Bonchev–Trinajstić information content (AvgIpc) is 2.96. The normalized spacial score (nSPS) is 10.6. The van der Waals surface area contributed by atoms with Gasteiger partial charge in [-0.3, -0.25) is 4.79 Å². The summed E-state index contributed by atoms with van der Waals surface area (Å²) >= 11 is 1.47. The van der Waals surface area contributed by atoms with Gasteiger partial charge in [-0.25, -0.2) is 0 Å². The van der Waals surface area contributed by atoms with Gasteiger partial charge >= 0.3 is 0 Å². The molecule has 0 saturated heterocycles. The van der Waals surface area contributed by atoms with E-state index in [1.807, 2.05) is 36.9 Å². The maximum atomic E-state index is 12.0. The van der Waals surface area contributed by atoms with E-state index in [0.29, 0.717) is 6.54 Å². The minimum Gasteiger partial charge on any atom is -0.344 e. The molecule has 0 atom stereocenters. The monoisotopic (exact) mass is 264 g/mol. The molecule has 1 N–H and O–H groups in total. The van der Waals surface area contributed by atoms with Gasteiger partial charge in [0.25, 0.3) is 5.91 Å². The lowest BCUT2D eigenvalue weighted by Gasteiger charge is -2.05. The van der Waals surface area contributed by atoms with Crippen LogP contribution in [0.2, 0.25) is 0 Å². The summed E-state index contributed by atoms with van der Waals surface area (Å²) in [5, 5.41) is 12.8. The molecule has 6 heteroatoms. The highest BCUT2D eigenvalue weighted by atomic mass is 32.1. The van der Waals surface area contributed by atoms with Gasteiger partial charge in [0, 0.05) is 7.05 Å². The molecule has 0 aliphatic carbocycles. The van der Waals surface area contributed by atoms with E-state index >= 15 is 0 Å². The molecule has 0 bridgehead atoms. The number of hydrogen-bond donors (Lipinski definition) is 1. The number of nitrogens with zero attached hydrogens (tertiary/aromatic N) is 3. The Morgan fingerprint density at radius 3 is 2.89 bits per heavy atom. The van der Waals surface area contributed by atoms with E-state index in [2.05, 4.69) is 15.5 Å². The lowest BCUT2D eigenvalue weighted by atomic mass is 10.2. The highest BCUT2D eigenvalue weighted by Crippen LogP contribution is 2.17. The summed E-state index contributed by atoms with van der Waals surface area (Å²) in [6.07, 6.45) is 0.870. The van der Waals surface area contributed by atoms with Crippen molar-refractivity contribution in [2.75, 3.05) is 0 Å². The van der Waals surface area contributed by atoms with Crippen LogP contribution in [0.1, 0.15) is 33.8 Å². The molecule has 2 aromatic rings. The topological polar surface area (TPSA) is 59.8 Å². The summed E-state index contributed by atoms with van der Waals surface area (Å²) in [6, 6.07) is 1.99. The van der Waals surface area contributed by atoms with E-state index in [1.165, 1.54) is 11.3 Å². The first kappa shape index (κ1) is 12.8. The lowest BCUT2D eigenvalue weighted by Crippen LogP contribution is -2.24. The Balaban J connectivity index is 2.03. The van der Waals surface area contributed by atoms with E-state index in [0.717, 1.165) is 28.5 Å². The summed E-state index contributed by atoms with van der Waals surface area (Å²) in [4.78, 5) is 12.8. The summed E-state index contributed by atoms with van der Waals surface area (Å²) in [6.45, 7) is 4.33. The number of nitrogens with one attached hydrogen (secondary N) is 1. The standard InChI is InChI=1S/C12H16N4OS/c1-4-9-5-6-18-11(9)12(17)13-7-10-15-14-8(2)16(10)3/h5-6H,4,7H2,1-3H3,(H,13,17). The summed E-state index contributed by atoms with van der Waals surface area (Å²) < 4.78 is 1.87. The zero-order valence-electron chi connectivity index (χ0n) is 10.7. The molecular formula is C12H16N4OS. The molecule has 0 fully saturated rings. The van der Waals surface area contributed by atoms with Crippen LogP contribution in [0, 0.1) is 6.92 Å². The van der Waals surface area contributed by atoms with Crippen LogP contribution in [0.5, 0.6) is 0 Å². The molecule has 0 saturated carbocycles. The fourth-order valence-electron chi connectivity index (χ4n) is 1.66. The van der Waals surface area contributed by atoms with Crippen molar-refractivity contribution in [3.8, 4) is 0 Å². The van der Waals surface area contributed by atoms with Crippen LogP contribution in [0.15, 0.2) is 11.4 Å². The molecule has 2 heterocycles. The van der Waals surface area contributed by atoms with Crippen molar-refractivity contribution in [1.29, 1.82) is 0 Å². The molecule has 0 spiro atoms. The second-order valence-electron chi connectivity index (χ2n) is 4.03. The fourth-order valence-corrected chi connectivity index (χ4v) is 2.57. The molecular weight excluding hydrogens is 248 g/mol. The molecule has 5 nitrogen and oxygen atoms in total. The number of aryl methyl sites for hydroxylation is 2. The third-order valence-corrected chi connectivity index (χ3v) is 3.88. The van der Waals surface area contributed by atoms with Gasteiger partial charge in [0.15, 0.2) is 5.82 Å². The van der Waals surface area contributed by atoms with Crippen molar-refractivity contribution in [2.45, 2.75) is 26.8 Å². The zero-order valence-corrected chi connectivity index (χ0v) is 11.5. The Morgan fingerprint density at radius 2 is 2.28 bits per heavy atom. The minimum absolute atomic E-state index is 0.0393. The molecule has 96 valence electrons. The van der Waals surface area contributed by atoms with Crippen molar-refractivity contribution in [1.82, 2.24) is 20.1 Å². The second kappa shape index (κ2) is 5.30. The van der Waals surface area contributed by atoms with Crippen LogP contribution in [0.25, 0.3) is 0 Å². The van der Waals surface area contributed by atoms with Crippen molar-refractivity contribution >= 4 is 17.2 Å². The summed E-state index contributed by atoms with van der Waals surface area (Å²) in [5.74, 6) is 1.56. The predicted molar refractivity (Wildman–Crippen MR) is 70.6 cm³/mol. The van der Waals surface area contributed by atoms with Crippen LogP contribution in [0.3, 0.4) is 0 Å². The fraction of sp³-hybridized carbons (Fsp3) is 0.417. The minimum atomic E-state index is -0.0393. The molecule has 2 rings (SSSR count). The second-order valence-corrected chi connectivity index (χ2v) is 4.95. The average molecular weight is 264 g/mol. The highest BCUT2D eigenvalue weighted by molar-refractivity contribution is 7.12. The van der Waals surface area contributed by atoms with Crippen LogP contribution < -0.4 is 5.32 Å². The van der Waals surface area contributed by atoms with E-state index in [-0.39, 0.29) is 5.91 Å². The van der Waals surface area contributed by atoms with Crippen molar-refractivity contribution < 1.29 is 4.79 Å². The Bertz CT molecular complexity index is 558. The number of rotatable bonds is 4. The number of aromatic nitrogens is 3. The molecule has 0 radical (unpaired) electrons. The van der Waals surface area contributed by atoms with Gasteiger partial charge in [0.1, 0.15) is 5.82 Å². The van der Waals surface area contributed by atoms with Crippen molar-refractivity contribution in [2.24, 2.45) is 7.05 Å². The Labute approximate surface area is 110 Å². The first-order valence-corrected chi connectivity index (χ1v) is 6.71. The molecule has 1 amide bonds. The summed E-state index contributed by atoms with van der Waals surface area (Å²) in [7, 11) is 1.89. The Kier molecular flexibility index (Phi) is 3.76. The van der Waals surface area contributed by atoms with E-state index < -0.39 is 0 Å². The van der Waals surface area contributed by atoms with E-state index in [4.69, 9.17) is 0 Å². The van der Waals surface area contributed by atoms with Gasteiger partial charge in [-0.2, -0.15) is 0 Å². The van der Waals surface area contributed by atoms with Gasteiger partial charge in [0.05, 0.1) is 11.4 Å². The molecule has 0 aliphatic rings. The molecule has 0 unspecified atom stereocenters. The first-order valence-electron chi connectivity index (χ1n) is 5.83. The van der Waals surface area contributed by atoms with Gasteiger partial charge in [-0.05, 0) is 30.4 Å². The van der Waals surface area contributed by atoms with Crippen LogP contribution >= 0.6 is 11.3 Å². The third kappa shape index (κ3) is 2.43. The highest BCUT2D eigenvalue weighted by Gasteiger charge is 2.13. The maximum Gasteiger partial charge on any atom is 0.262 e. The number of thiophene rings is 1. The van der Waals surface area contributed by atoms with Gasteiger partial charge in [-0.15, -0.1) is 21.5 Å². The zero-order chi connectivity index (χ0) is 13.1. The number of amides is 1. The van der Waals surface area contributed by atoms with Gasteiger partial charge in [-0.1, -0.05) is 6.92 Å². The molecule has 2 aromatic heterocycles. The smallest absolute Gasteiger partial charge is 0.262 e.